The Morgan fingerprint density at radius 3 is 2.21 bits per heavy atom. The van der Waals surface area contributed by atoms with Crippen molar-refractivity contribution in [3.05, 3.63) is 58.7 Å². The van der Waals surface area contributed by atoms with E-state index in [9.17, 15) is 28.8 Å². The maximum absolute atomic E-state index is 13.3. The number of rotatable bonds is 21. The molecule has 3 aromatic rings. The summed E-state index contributed by atoms with van der Waals surface area (Å²) >= 11 is 7.91. The highest BCUT2D eigenvalue weighted by molar-refractivity contribution is 7.99. The number of benzene rings is 2. The number of amides is 6. The van der Waals surface area contributed by atoms with Gasteiger partial charge in [0.1, 0.15) is 23.3 Å². The number of nitrogens with two attached hydrogens (primary N) is 2. The minimum absolute atomic E-state index is 0.0811. The Labute approximate surface area is 371 Å². The zero-order chi connectivity index (χ0) is 44.2. The van der Waals surface area contributed by atoms with E-state index >= 15 is 0 Å². The van der Waals surface area contributed by atoms with Gasteiger partial charge in [-0.05, 0) is 63.3 Å². The molecule has 1 atom stereocenters. The Bertz CT molecular complexity index is 2140. The molecule has 8 N–H and O–H groups in total. The van der Waals surface area contributed by atoms with Crippen LogP contribution in [-0.4, -0.2) is 88.1 Å². The molecule has 16 nitrogen and oxygen atoms in total. The van der Waals surface area contributed by atoms with Gasteiger partial charge in [-0.25, -0.2) is 9.97 Å². The number of hydrogen-bond acceptors (Lipinski definition) is 13. The molecule has 3 aliphatic rings. The number of carbonyl (C=O) groups is 6. The molecule has 0 saturated carbocycles. The molecule has 3 aliphatic heterocycles. The summed E-state index contributed by atoms with van der Waals surface area (Å²) in [6.07, 6.45) is 13.8. The van der Waals surface area contributed by atoms with Gasteiger partial charge in [0, 0.05) is 48.7 Å². The van der Waals surface area contributed by atoms with Gasteiger partial charge < -0.3 is 32.3 Å². The number of carbonyl (C=O) groups excluding carboxylic acids is 6. The molecule has 0 aliphatic carbocycles. The van der Waals surface area contributed by atoms with Crippen LogP contribution in [0.1, 0.15) is 124 Å². The first-order valence-electron chi connectivity index (χ1n) is 21.6. The third kappa shape index (κ3) is 12.2. The summed E-state index contributed by atoms with van der Waals surface area (Å²) < 4.78 is 0. The Balaban J connectivity index is 0.786. The van der Waals surface area contributed by atoms with Gasteiger partial charge in [-0.1, -0.05) is 86.9 Å². The maximum atomic E-state index is 13.3. The molecule has 6 amide bonds. The van der Waals surface area contributed by atoms with Crippen molar-refractivity contribution in [1.82, 2.24) is 25.5 Å². The molecule has 2 fully saturated rings. The number of nitrogen functional groups attached to an aromatic ring is 1. The SMILES string of the molecule is CC1(N)CCN(c2cnc(Sc3cccc(NC(=O)CC(=O)NCCCCCCCCCCCCNc4cccc5c4C(=O)N(C4CCC(=O)NC4=O)C5=O)c3Cl)c(N)n2)CC1. The van der Waals surface area contributed by atoms with Crippen molar-refractivity contribution in [2.24, 2.45) is 5.73 Å². The summed E-state index contributed by atoms with van der Waals surface area (Å²) in [7, 11) is 0. The van der Waals surface area contributed by atoms with Crippen LogP contribution in [-0.2, 0) is 19.2 Å². The number of piperidine rings is 2. The quantitative estimate of drug-likeness (QED) is 0.0407. The van der Waals surface area contributed by atoms with Crippen molar-refractivity contribution in [2.45, 2.75) is 125 Å². The predicted octanol–water partition coefficient (Wildman–Crippen LogP) is 6.04. The van der Waals surface area contributed by atoms with Gasteiger partial charge in [-0.2, -0.15) is 0 Å². The second-order valence-corrected chi connectivity index (χ2v) is 17.9. The van der Waals surface area contributed by atoms with E-state index in [1.54, 1.807) is 42.6 Å². The summed E-state index contributed by atoms with van der Waals surface area (Å²) in [6, 6.07) is 9.34. The third-order valence-electron chi connectivity index (χ3n) is 11.5. The largest absolute Gasteiger partial charge is 0.384 e. The first kappa shape index (κ1) is 46.2. The zero-order valence-electron chi connectivity index (χ0n) is 35.2. The second-order valence-electron chi connectivity index (χ2n) is 16.5. The van der Waals surface area contributed by atoms with E-state index in [0.717, 1.165) is 95.0 Å². The van der Waals surface area contributed by atoms with Crippen LogP contribution in [0, 0.1) is 0 Å². The molecular formula is C44H57ClN10O6S. The van der Waals surface area contributed by atoms with E-state index in [1.807, 2.05) is 0 Å². The van der Waals surface area contributed by atoms with Crippen LogP contribution in [0.25, 0.3) is 0 Å². The van der Waals surface area contributed by atoms with Crippen LogP contribution >= 0.6 is 23.4 Å². The first-order valence-corrected chi connectivity index (χ1v) is 22.8. The second kappa shape index (κ2) is 21.7. The molecule has 2 aromatic carbocycles. The van der Waals surface area contributed by atoms with Crippen molar-refractivity contribution in [2.75, 3.05) is 47.4 Å². The summed E-state index contributed by atoms with van der Waals surface area (Å²) in [6.45, 7) is 4.78. The van der Waals surface area contributed by atoms with Crippen LogP contribution in [0.3, 0.4) is 0 Å². The van der Waals surface area contributed by atoms with Gasteiger partial charge in [-0.15, -0.1) is 0 Å². The summed E-state index contributed by atoms with van der Waals surface area (Å²) in [5.74, 6) is -1.87. The number of halogens is 1. The van der Waals surface area contributed by atoms with Crippen molar-refractivity contribution in [3.63, 3.8) is 0 Å². The van der Waals surface area contributed by atoms with Crippen LogP contribution < -0.4 is 37.6 Å². The highest BCUT2D eigenvalue weighted by Crippen LogP contribution is 2.39. The van der Waals surface area contributed by atoms with Gasteiger partial charge in [0.05, 0.1) is 28.0 Å². The van der Waals surface area contributed by atoms with Gasteiger partial charge in [-0.3, -0.25) is 39.0 Å². The van der Waals surface area contributed by atoms with Crippen LogP contribution in [0.4, 0.5) is 23.0 Å². The van der Waals surface area contributed by atoms with Crippen molar-refractivity contribution in [3.8, 4) is 0 Å². The smallest absolute Gasteiger partial charge is 0.264 e. The molecule has 0 spiro atoms. The van der Waals surface area contributed by atoms with Crippen LogP contribution in [0.5, 0.6) is 0 Å². The average Bonchev–Trinajstić information content (AvgIpc) is 3.49. The maximum Gasteiger partial charge on any atom is 0.264 e. The lowest BCUT2D eigenvalue weighted by atomic mass is 9.91. The monoisotopic (exact) mass is 888 g/mol. The lowest BCUT2D eigenvalue weighted by Gasteiger charge is -2.37. The van der Waals surface area contributed by atoms with Crippen LogP contribution in [0.2, 0.25) is 5.02 Å². The number of anilines is 4. The third-order valence-corrected chi connectivity index (χ3v) is 13.0. The number of nitrogens with zero attached hydrogens (tertiary/aromatic N) is 4. The molecule has 1 aromatic heterocycles. The Kier molecular flexibility index (Phi) is 16.2. The van der Waals surface area contributed by atoms with Gasteiger partial charge in [0.25, 0.3) is 11.8 Å². The molecule has 2 saturated heterocycles. The molecule has 1 unspecified atom stereocenters. The molecule has 62 heavy (non-hydrogen) atoms. The van der Waals surface area contributed by atoms with Gasteiger partial charge in [0.15, 0.2) is 5.82 Å². The molecule has 332 valence electrons. The fraction of sp³-hybridized carbons (Fsp3) is 0.500. The highest BCUT2D eigenvalue weighted by Gasteiger charge is 2.45. The summed E-state index contributed by atoms with van der Waals surface area (Å²) in [5, 5.41) is 11.9. The number of imide groups is 2. The van der Waals surface area contributed by atoms with Gasteiger partial charge >= 0.3 is 0 Å². The normalized spacial score (nSPS) is 17.2. The van der Waals surface area contributed by atoms with E-state index in [-0.39, 0.29) is 47.7 Å². The Hall–Kier alpha value is -5.26. The Morgan fingerprint density at radius 2 is 1.53 bits per heavy atom. The predicted molar refractivity (Wildman–Crippen MR) is 240 cm³/mol. The standard InChI is InChI=1S/C44H57ClN10O6S/c1-44(47)20-24-54(25-21-44)33-27-50-41(39(46)52-33)62-32-17-13-16-30(38(32)45)51-36(58)26-35(57)49-23-11-9-7-5-3-2-4-6-8-10-22-48-29-15-12-14-28-37(29)43(61)55(42(28)60)31-18-19-34(56)53-40(31)59/h12-17,27,31,48H,2-11,18-26,47H2,1H3,(H2,46,52)(H,49,57)(H,51,58)(H,53,56,59). The summed E-state index contributed by atoms with van der Waals surface area (Å²) in [4.78, 5) is 88.3. The Morgan fingerprint density at radius 1 is 0.887 bits per heavy atom. The summed E-state index contributed by atoms with van der Waals surface area (Å²) in [5.41, 5.74) is 13.9. The molecule has 0 radical (unpaired) electrons. The number of aromatic nitrogens is 2. The molecular weight excluding hydrogens is 832 g/mol. The average molecular weight is 890 g/mol. The van der Waals surface area contributed by atoms with E-state index in [0.29, 0.717) is 45.2 Å². The van der Waals surface area contributed by atoms with E-state index in [2.05, 4.69) is 43.1 Å². The van der Waals surface area contributed by atoms with Crippen LogP contribution in [0.15, 0.2) is 52.5 Å². The first-order chi connectivity index (χ1) is 29.8. The van der Waals surface area contributed by atoms with Crippen molar-refractivity contribution < 1.29 is 28.8 Å². The number of hydrogen-bond donors (Lipinski definition) is 6. The fourth-order valence-electron chi connectivity index (χ4n) is 7.83. The molecule has 18 heteroatoms. The minimum Gasteiger partial charge on any atom is -0.384 e. The topological polar surface area (TPSA) is 235 Å². The minimum atomic E-state index is -0.986. The highest BCUT2D eigenvalue weighted by atomic mass is 35.5. The fourth-order valence-corrected chi connectivity index (χ4v) is 8.93. The number of nitrogens with one attached hydrogen (secondary N) is 4. The van der Waals surface area contributed by atoms with E-state index in [1.165, 1.54) is 11.8 Å². The molecule has 4 heterocycles. The van der Waals surface area contributed by atoms with Gasteiger partial charge in [0.2, 0.25) is 23.6 Å². The van der Waals surface area contributed by atoms with Crippen molar-refractivity contribution in [1.29, 1.82) is 0 Å². The molecule has 0 bridgehead atoms. The zero-order valence-corrected chi connectivity index (χ0v) is 36.8. The molecule has 6 rings (SSSR count). The lowest BCUT2D eigenvalue weighted by molar-refractivity contribution is -0.136. The van der Waals surface area contributed by atoms with Crippen molar-refractivity contribution >= 4 is 81.8 Å². The van der Waals surface area contributed by atoms with E-state index < -0.39 is 35.6 Å². The number of fused-ring (bicyclic) bond motifs is 1. The lowest BCUT2D eigenvalue weighted by Crippen LogP contribution is -2.54. The van der Waals surface area contributed by atoms with E-state index in [4.69, 9.17) is 23.1 Å². The number of unbranched alkanes of at least 4 members (excludes halogenated alkanes) is 9.